The first-order chi connectivity index (χ1) is 7.45. The molecule has 0 saturated heterocycles. The molecule has 0 radical (unpaired) electrons. The van der Waals surface area contributed by atoms with Crippen LogP contribution in [0, 0.1) is 0 Å². The van der Waals surface area contributed by atoms with Crippen molar-refractivity contribution in [3.63, 3.8) is 0 Å². The van der Waals surface area contributed by atoms with Gasteiger partial charge in [-0.3, -0.25) is 9.59 Å². The SMILES string of the molecule is CCCCN(CCCC)C(=O)S.NC(=O)S.[H-].[K+]. The van der Waals surface area contributed by atoms with E-state index in [1.807, 2.05) is 4.90 Å². The van der Waals surface area contributed by atoms with Crippen LogP contribution in [-0.2, 0) is 0 Å². The fourth-order valence-electron chi connectivity index (χ4n) is 1.00. The molecule has 2 N–H and O–H groups in total. The van der Waals surface area contributed by atoms with Gasteiger partial charge in [0.15, 0.2) is 0 Å². The van der Waals surface area contributed by atoms with Crippen LogP contribution in [0.5, 0.6) is 0 Å². The molecule has 0 aromatic carbocycles. The number of nitrogens with zero attached hydrogens (tertiary/aromatic N) is 1. The maximum Gasteiger partial charge on any atom is 1.00 e. The van der Waals surface area contributed by atoms with E-state index >= 15 is 0 Å². The molecule has 0 aliphatic carbocycles. The summed E-state index contributed by atoms with van der Waals surface area (Å²) in [4.78, 5) is 21.8. The van der Waals surface area contributed by atoms with E-state index in [1.165, 1.54) is 0 Å². The summed E-state index contributed by atoms with van der Waals surface area (Å²) in [6.07, 6.45) is 4.42. The van der Waals surface area contributed by atoms with E-state index < -0.39 is 5.24 Å². The predicted molar refractivity (Wildman–Crippen MR) is 75.5 cm³/mol. The standard InChI is InChI=1S/C9H19NOS.CH3NOS.K.H/c1-3-5-7-10(9(11)12)8-6-4-2;2-1(3)4;;/h3-8H2,1-2H3,(H,11,12);(H3,2,3,4);;/q;;+1;-1. The fourth-order valence-corrected chi connectivity index (χ4v) is 1.20. The molecule has 0 saturated carbocycles. The van der Waals surface area contributed by atoms with Gasteiger partial charge in [-0.05, 0) is 12.8 Å². The Labute approximate surface area is 159 Å². The molecule has 2 amide bonds. The second-order valence-corrected chi connectivity index (χ2v) is 4.14. The third kappa shape index (κ3) is 22.9. The third-order valence-electron chi connectivity index (χ3n) is 1.83. The molecule has 0 heterocycles. The molecule has 0 fully saturated rings. The van der Waals surface area contributed by atoms with Crippen molar-refractivity contribution in [1.29, 1.82) is 0 Å². The number of nitrogens with two attached hydrogens (primary N) is 1. The Balaban J connectivity index is -0.000000143. The zero-order valence-electron chi connectivity index (χ0n) is 12.0. The van der Waals surface area contributed by atoms with Gasteiger partial charge in [-0.25, -0.2) is 0 Å². The number of carbonyl (C=O) groups excluding carboxylic acids is 2. The van der Waals surface area contributed by atoms with Crippen molar-refractivity contribution in [2.75, 3.05) is 13.1 Å². The summed E-state index contributed by atoms with van der Waals surface area (Å²) in [6.45, 7) is 5.97. The number of carbonyl (C=O) groups is 2. The topological polar surface area (TPSA) is 63.4 Å². The molecule has 98 valence electrons. The number of rotatable bonds is 6. The Morgan fingerprint density at radius 2 is 1.41 bits per heavy atom. The van der Waals surface area contributed by atoms with Gasteiger partial charge in [0.2, 0.25) is 0 Å². The van der Waals surface area contributed by atoms with E-state index in [9.17, 15) is 4.79 Å². The van der Waals surface area contributed by atoms with Crippen LogP contribution in [0.1, 0.15) is 41.0 Å². The maximum atomic E-state index is 10.9. The van der Waals surface area contributed by atoms with E-state index in [-0.39, 0.29) is 58.1 Å². The number of amides is 2. The summed E-state index contributed by atoms with van der Waals surface area (Å²) in [7, 11) is 0. The van der Waals surface area contributed by atoms with Crippen molar-refractivity contribution in [1.82, 2.24) is 4.90 Å². The summed E-state index contributed by atoms with van der Waals surface area (Å²) in [5, 5.41) is -0.725. The number of primary amides is 1. The molecule has 0 atom stereocenters. The molecule has 0 aliphatic heterocycles. The Hall–Kier alpha value is 1.28. The normalized spacial score (nSPS) is 8.47. The summed E-state index contributed by atoms with van der Waals surface area (Å²) in [5.74, 6) is 0. The Morgan fingerprint density at radius 1 is 1.12 bits per heavy atom. The molecule has 7 heteroatoms. The van der Waals surface area contributed by atoms with Crippen LogP contribution in [0.2, 0.25) is 0 Å². The van der Waals surface area contributed by atoms with E-state index in [4.69, 9.17) is 4.79 Å². The molecule has 17 heavy (non-hydrogen) atoms. The average molecular weight is 307 g/mol. The van der Waals surface area contributed by atoms with Crippen LogP contribution >= 0.6 is 25.3 Å². The predicted octanol–water partition coefficient (Wildman–Crippen LogP) is 0.0498. The van der Waals surface area contributed by atoms with Crippen LogP contribution < -0.4 is 57.1 Å². The fraction of sp³-hybridized carbons (Fsp3) is 0.800. The van der Waals surface area contributed by atoms with Gasteiger partial charge in [0.05, 0.1) is 0 Å². The summed E-state index contributed by atoms with van der Waals surface area (Å²) in [6, 6.07) is 0. The van der Waals surface area contributed by atoms with Gasteiger partial charge in [-0.2, -0.15) is 0 Å². The van der Waals surface area contributed by atoms with Crippen LogP contribution in [0.4, 0.5) is 9.59 Å². The molecule has 0 bridgehead atoms. The van der Waals surface area contributed by atoms with Crippen molar-refractivity contribution >= 4 is 35.7 Å². The maximum absolute atomic E-state index is 10.9. The summed E-state index contributed by atoms with van der Waals surface area (Å²) in [5.41, 5.74) is 4.34. The molecular weight excluding hydrogens is 283 g/mol. The third-order valence-corrected chi connectivity index (χ3v) is 2.12. The minimum absolute atomic E-state index is 0. The van der Waals surface area contributed by atoms with Gasteiger partial charge in [0, 0.05) is 13.1 Å². The monoisotopic (exact) mass is 306 g/mol. The largest absolute Gasteiger partial charge is 1.00 e. The first-order valence-corrected chi connectivity index (χ1v) is 6.31. The average Bonchev–Trinajstić information content (AvgIpc) is 2.16. The van der Waals surface area contributed by atoms with Crippen molar-refractivity contribution in [2.45, 2.75) is 39.5 Å². The molecular formula is C10H23KN2O2S2. The van der Waals surface area contributed by atoms with Crippen molar-refractivity contribution in [3.05, 3.63) is 0 Å². The van der Waals surface area contributed by atoms with E-state index in [1.54, 1.807) is 0 Å². The van der Waals surface area contributed by atoms with Gasteiger partial charge in [-0.1, -0.05) is 51.9 Å². The van der Waals surface area contributed by atoms with E-state index in [0.717, 1.165) is 38.8 Å². The Morgan fingerprint density at radius 3 is 1.59 bits per heavy atom. The first kappa shape index (κ1) is 23.4. The molecule has 0 aliphatic rings. The van der Waals surface area contributed by atoms with E-state index in [0.29, 0.717) is 0 Å². The van der Waals surface area contributed by atoms with Crippen LogP contribution in [0.3, 0.4) is 0 Å². The van der Waals surface area contributed by atoms with Gasteiger partial charge >= 0.3 is 51.4 Å². The van der Waals surface area contributed by atoms with E-state index in [2.05, 4.69) is 44.8 Å². The van der Waals surface area contributed by atoms with Crippen LogP contribution in [0.25, 0.3) is 0 Å². The van der Waals surface area contributed by atoms with Crippen molar-refractivity contribution in [3.8, 4) is 0 Å². The molecule has 0 unspecified atom stereocenters. The summed E-state index contributed by atoms with van der Waals surface area (Å²) >= 11 is 6.93. The zero-order valence-corrected chi connectivity index (χ0v) is 15.9. The molecule has 0 aromatic heterocycles. The van der Waals surface area contributed by atoms with Crippen LogP contribution in [0.15, 0.2) is 0 Å². The van der Waals surface area contributed by atoms with Gasteiger partial charge < -0.3 is 12.1 Å². The number of unbranched alkanes of at least 4 members (excludes halogenated alkanes) is 2. The zero-order chi connectivity index (χ0) is 13.0. The number of hydrogen-bond acceptors (Lipinski definition) is 2. The Kier molecular flexibility index (Phi) is 23.8. The smallest absolute Gasteiger partial charge is 1.00 e. The molecule has 0 aromatic rings. The number of thiol groups is 2. The van der Waals surface area contributed by atoms with Crippen molar-refractivity contribution in [2.24, 2.45) is 5.73 Å². The van der Waals surface area contributed by atoms with Crippen molar-refractivity contribution < 1.29 is 62.4 Å². The minimum Gasteiger partial charge on any atom is -1.00 e. The molecule has 0 rings (SSSR count). The van der Waals surface area contributed by atoms with Gasteiger partial charge in [0.1, 0.15) is 0 Å². The van der Waals surface area contributed by atoms with Crippen LogP contribution in [-0.4, -0.2) is 28.5 Å². The quantitative estimate of drug-likeness (QED) is 0.480. The summed E-state index contributed by atoms with van der Waals surface area (Å²) < 4.78 is 0. The molecule has 4 nitrogen and oxygen atoms in total. The molecule has 0 spiro atoms. The van der Waals surface area contributed by atoms with Gasteiger partial charge in [0.25, 0.3) is 10.5 Å². The van der Waals surface area contributed by atoms with Gasteiger partial charge in [-0.15, -0.1) is 0 Å². The second kappa shape index (κ2) is 17.3. The first-order valence-electron chi connectivity index (χ1n) is 5.41. The Bertz CT molecular complexity index is 200. The second-order valence-electron chi connectivity index (χ2n) is 3.31. The number of hydrogen-bond donors (Lipinski definition) is 3. The minimum atomic E-state index is -0.639.